The molecule has 0 fully saturated rings. The number of guanidine groups is 1. The third-order valence-electron chi connectivity index (χ3n) is 4.04. The minimum absolute atomic E-state index is 0.597. The van der Waals surface area contributed by atoms with Crippen LogP contribution in [0, 0.1) is 0 Å². The SMILES string of the molecule is CCNC(=NCc1ccc(-n2cncn2)cc1)NCCn1cnnc1CC. The van der Waals surface area contributed by atoms with Gasteiger partial charge in [-0.1, -0.05) is 19.1 Å². The van der Waals surface area contributed by atoms with Gasteiger partial charge in [-0.25, -0.2) is 14.7 Å². The summed E-state index contributed by atoms with van der Waals surface area (Å²) in [5.74, 6) is 1.79. The van der Waals surface area contributed by atoms with Crippen molar-refractivity contribution in [1.82, 2.24) is 40.2 Å². The second kappa shape index (κ2) is 9.46. The van der Waals surface area contributed by atoms with Gasteiger partial charge in [0.05, 0.1) is 12.2 Å². The van der Waals surface area contributed by atoms with Gasteiger partial charge in [0, 0.05) is 26.1 Å². The Morgan fingerprint density at radius 1 is 1.11 bits per heavy atom. The van der Waals surface area contributed by atoms with Gasteiger partial charge in [0.15, 0.2) is 5.96 Å². The maximum absolute atomic E-state index is 4.66. The molecule has 0 aliphatic rings. The van der Waals surface area contributed by atoms with Crippen LogP contribution in [0.3, 0.4) is 0 Å². The van der Waals surface area contributed by atoms with Crippen LogP contribution < -0.4 is 10.6 Å². The first-order chi connectivity index (χ1) is 13.3. The zero-order valence-electron chi connectivity index (χ0n) is 15.7. The zero-order valence-corrected chi connectivity index (χ0v) is 15.7. The number of benzene rings is 1. The average Bonchev–Trinajstić information content (AvgIpc) is 3.38. The van der Waals surface area contributed by atoms with E-state index in [-0.39, 0.29) is 0 Å². The third kappa shape index (κ3) is 5.13. The normalized spacial score (nSPS) is 11.6. The van der Waals surface area contributed by atoms with Gasteiger partial charge in [-0.05, 0) is 24.6 Å². The Kier molecular flexibility index (Phi) is 6.50. The number of aryl methyl sites for hydroxylation is 1. The molecular weight excluding hydrogens is 342 g/mol. The number of aliphatic imine (C=N–C) groups is 1. The summed E-state index contributed by atoms with van der Waals surface area (Å²) >= 11 is 0. The Labute approximate surface area is 158 Å². The number of rotatable bonds is 8. The molecule has 142 valence electrons. The van der Waals surface area contributed by atoms with Crippen LogP contribution in [-0.4, -0.2) is 48.6 Å². The first kappa shape index (κ1) is 18.6. The molecule has 2 heterocycles. The van der Waals surface area contributed by atoms with Gasteiger partial charge in [-0.3, -0.25) is 0 Å². The van der Waals surface area contributed by atoms with Crippen molar-refractivity contribution in [2.45, 2.75) is 33.4 Å². The van der Waals surface area contributed by atoms with Crippen LogP contribution in [0.1, 0.15) is 25.2 Å². The minimum atomic E-state index is 0.597. The van der Waals surface area contributed by atoms with E-state index >= 15 is 0 Å². The Balaban J connectivity index is 1.55. The highest BCUT2D eigenvalue weighted by molar-refractivity contribution is 5.79. The van der Waals surface area contributed by atoms with E-state index in [1.165, 1.54) is 6.33 Å². The summed E-state index contributed by atoms with van der Waals surface area (Å²) in [5.41, 5.74) is 2.11. The molecule has 0 unspecified atom stereocenters. The van der Waals surface area contributed by atoms with E-state index in [2.05, 4.69) is 66.5 Å². The summed E-state index contributed by atoms with van der Waals surface area (Å²) < 4.78 is 3.79. The van der Waals surface area contributed by atoms with Gasteiger partial charge in [0.1, 0.15) is 24.8 Å². The van der Waals surface area contributed by atoms with E-state index in [0.717, 1.165) is 49.1 Å². The average molecular weight is 367 g/mol. The lowest BCUT2D eigenvalue weighted by molar-refractivity contribution is 0.632. The van der Waals surface area contributed by atoms with Crippen LogP contribution in [0.2, 0.25) is 0 Å². The van der Waals surface area contributed by atoms with Crippen molar-refractivity contribution in [3.8, 4) is 5.69 Å². The zero-order chi connectivity index (χ0) is 18.9. The van der Waals surface area contributed by atoms with Gasteiger partial charge in [-0.15, -0.1) is 10.2 Å². The molecular formula is C18H25N9. The fourth-order valence-corrected chi connectivity index (χ4v) is 2.64. The molecule has 27 heavy (non-hydrogen) atoms. The summed E-state index contributed by atoms with van der Waals surface area (Å²) in [4.78, 5) is 8.62. The van der Waals surface area contributed by atoms with Crippen molar-refractivity contribution in [2.24, 2.45) is 4.99 Å². The molecule has 0 saturated heterocycles. The monoisotopic (exact) mass is 367 g/mol. The molecule has 0 aliphatic heterocycles. The van der Waals surface area contributed by atoms with Crippen molar-refractivity contribution in [2.75, 3.05) is 13.1 Å². The smallest absolute Gasteiger partial charge is 0.191 e. The Morgan fingerprint density at radius 3 is 2.67 bits per heavy atom. The van der Waals surface area contributed by atoms with Gasteiger partial charge in [-0.2, -0.15) is 5.10 Å². The molecule has 9 nitrogen and oxygen atoms in total. The van der Waals surface area contributed by atoms with Gasteiger partial charge in [0.2, 0.25) is 0 Å². The Hall–Kier alpha value is -3.23. The molecule has 0 bridgehead atoms. The van der Waals surface area contributed by atoms with Crippen LogP contribution >= 0.6 is 0 Å². The molecule has 0 radical (unpaired) electrons. The molecule has 2 aromatic heterocycles. The van der Waals surface area contributed by atoms with Crippen molar-refractivity contribution in [3.05, 3.63) is 54.6 Å². The number of hydrogen-bond donors (Lipinski definition) is 2. The van der Waals surface area contributed by atoms with E-state index < -0.39 is 0 Å². The van der Waals surface area contributed by atoms with Crippen molar-refractivity contribution >= 4 is 5.96 Å². The highest BCUT2D eigenvalue weighted by Gasteiger charge is 2.03. The van der Waals surface area contributed by atoms with Crippen LogP contribution in [0.25, 0.3) is 5.69 Å². The highest BCUT2D eigenvalue weighted by atomic mass is 15.3. The molecule has 0 saturated carbocycles. The van der Waals surface area contributed by atoms with Gasteiger partial charge in [0.25, 0.3) is 0 Å². The summed E-state index contributed by atoms with van der Waals surface area (Å²) in [6, 6.07) is 8.12. The summed E-state index contributed by atoms with van der Waals surface area (Å²) in [5, 5.41) is 18.8. The van der Waals surface area contributed by atoms with Crippen LogP contribution in [-0.2, 0) is 19.5 Å². The highest BCUT2D eigenvalue weighted by Crippen LogP contribution is 2.08. The predicted molar refractivity (Wildman–Crippen MR) is 104 cm³/mol. The number of aromatic nitrogens is 6. The molecule has 0 aliphatic carbocycles. The first-order valence-corrected chi connectivity index (χ1v) is 9.13. The summed E-state index contributed by atoms with van der Waals surface area (Å²) in [6.45, 7) is 7.09. The topological polar surface area (TPSA) is 97.8 Å². The first-order valence-electron chi connectivity index (χ1n) is 9.13. The number of nitrogens with one attached hydrogen (secondary N) is 2. The fraction of sp³-hybridized carbons (Fsp3) is 0.389. The second-order valence-electron chi connectivity index (χ2n) is 5.92. The maximum atomic E-state index is 4.66. The molecule has 3 aromatic rings. The van der Waals surface area contributed by atoms with Crippen molar-refractivity contribution in [1.29, 1.82) is 0 Å². The molecule has 3 rings (SSSR count). The standard InChI is InChI=1S/C18H25N9/c1-3-17-25-23-14-26(17)10-9-21-18(20-4-2)22-11-15-5-7-16(8-6-15)27-13-19-12-24-27/h5-8,12-14H,3-4,9-11H2,1-2H3,(H2,20,21,22). The van der Waals surface area contributed by atoms with E-state index in [9.17, 15) is 0 Å². The largest absolute Gasteiger partial charge is 0.357 e. The molecule has 2 N–H and O–H groups in total. The van der Waals surface area contributed by atoms with Gasteiger partial charge < -0.3 is 15.2 Å². The van der Waals surface area contributed by atoms with Crippen LogP contribution in [0.4, 0.5) is 0 Å². The maximum Gasteiger partial charge on any atom is 0.191 e. The van der Waals surface area contributed by atoms with Crippen molar-refractivity contribution in [3.63, 3.8) is 0 Å². The van der Waals surface area contributed by atoms with E-state index in [4.69, 9.17) is 0 Å². The second-order valence-corrected chi connectivity index (χ2v) is 5.92. The summed E-state index contributed by atoms with van der Waals surface area (Å²) in [6.07, 6.45) is 5.84. The lowest BCUT2D eigenvalue weighted by atomic mass is 10.2. The van der Waals surface area contributed by atoms with Crippen molar-refractivity contribution < 1.29 is 0 Å². The predicted octanol–water partition coefficient (Wildman–Crippen LogP) is 1.18. The lowest BCUT2D eigenvalue weighted by Gasteiger charge is -2.12. The van der Waals surface area contributed by atoms with Crippen LogP contribution in [0.5, 0.6) is 0 Å². The molecule has 0 amide bonds. The Bertz CT molecular complexity index is 834. The number of hydrogen-bond acceptors (Lipinski definition) is 5. The van der Waals surface area contributed by atoms with Gasteiger partial charge >= 0.3 is 0 Å². The minimum Gasteiger partial charge on any atom is -0.357 e. The van der Waals surface area contributed by atoms with E-state index in [1.807, 2.05) is 12.1 Å². The molecule has 0 atom stereocenters. The molecule has 9 heteroatoms. The van der Waals surface area contributed by atoms with E-state index in [1.54, 1.807) is 17.3 Å². The quantitative estimate of drug-likeness (QED) is 0.458. The molecule has 1 aromatic carbocycles. The molecule has 0 spiro atoms. The van der Waals surface area contributed by atoms with E-state index in [0.29, 0.717) is 6.54 Å². The third-order valence-corrected chi connectivity index (χ3v) is 4.04. The summed E-state index contributed by atoms with van der Waals surface area (Å²) in [7, 11) is 0. The fourth-order valence-electron chi connectivity index (χ4n) is 2.64. The lowest BCUT2D eigenvalue weighted by Crippen LogP contribution is -2.38. The van der Waals surface area contributed by atoms with Crippen LogP contribution in [0.15, 0.2) is 48.2 Å². The Morgan fingerprint density at radius 2 is 1.96 bits per heavy atom. The number of nitrogens with zero attached hydrogens (tertiary/aromatic N) is 7.